The first-order valence-corrected chi connectivity index (χ1v) is 10.5. The van der Waals surface area contributed by atoms with Crippen molar-refractivity contribution >= 4 is 16.8 Å². The van der Waals surface area contributed by atoms with E-state index in [0.717, 1.165) is 18.3 Å². The first-order valence-electron chi connectivity index (χ1n) is 10.5. The molecule has 2 aromatic heterocycles. The molecule has 3 N–H and O–H groups in total. The van der Waals surface area contributed by atoms with Crippen molar-refractivity contribution in [3.8, 4) is 5.75 Å². The standard InChI is InChI=1S/C23H22F3N3O4/c1-11(20-16(26)9-14(25)10-27-20)28-22(31)18(12-4-6-33-7-5-12)19-21(30)15-8-13(24)2-3-17(15)29-23(19)32/h2-3,8-12,18H,4-7H2,1H3,(H,28,31)(H2,29,30,32)/t11-,18-/m0/s1. The molecule has 4 rings (SSSR count). The molecule has 0 aliphatic carbocycles. The summed E-state index contributed by atoms with van der Waals surface area (Å²) in [5, 5.41) is 13.6. The Morgan fingerprint density at radius 1 is 1.21 bits per heavy atom. The maximum Gasteiger partial charge on any atom is 0.256 e. The van der Waals surface area contributed by atoms with Gasteiger partial charge in [-0.3, -0.25) is 14.6 Å². The molecule has 1 saturated heterocycles. The molecule has 0 radical (unpaired) electrons. The molecule has 0 bridgehead atoms. The van der Waals surface area contributed by atoms with Gasteiger partial charge in [0.2, 0.25) is 5.91 Å². The van der Waals surface area contributed by atoms with Gasteiger partial charge in [-0.25, -0.2) is 13.2 Å². The van der Waals surface area contributed by atoms with E-state index in [2.05, 4.69) is 15.3 Å². The first kappa shape index (κ1) is 22.8. The van der Waals surface area contributed by atoms with E-state index in [1.54, 1.807) is 0 Å². The van der Waals surface area contributed by atoms with Gasteiger partial charge in [0.15, 0.2) is 0 Å². The number of aromatic hydroxyl groups is 1. The minimum absolute atomic E-state index is 0.0637. The highest BCUT2D eigenvalue weighted by Gasteiger charge is 2.36. The van der Waals surface area contributed by atoms with Crippen molar-refractivity contribution in [2.24, 2.45) is 5.92 Å². The second-order valence-electron chi connectivity index (χ2n) is 8.08. The summed E-state index contributed by atoms with van der Waals surface area (Å²) in [7, 11) is 0. The van der Waals surface area contributed by atoms with Crippen molar-refractivity contribution in [2.75, 3.05) is 13.2 Å². The van der Waals surface area contributed by atoms with E-state index < -0.39 is 46.6 Å². The summed E-state index contributed by atoms with van der Waals surface area (Å²) in [5.74, 6) is -5.00. The highest BCUT2D eigenvalue weighted by Crippen LogP contribution is 2.38. The van der Waals surface area contributed by atoms with Gasteiger partial charge in [0.05, 0.1) is 34.9 Å². The monoisotopic (exact) mass is 461 g/mol. The lowest BCUT2D eigenvalue weighted by Crippen LogP contribution is -2.39. The maximum absolute atomic E-state index is 14.2. The van der Waals surface area contributed by atoms with Crippen molar-refractivity contribution in [3.63, 3.8) is 0 Å². The van der Waals surface area contributed by atoms with E-state index in [-0.39, 0.29) is 28.1 Å². The molecule has 0 spiro atoms. The Labute approximate surface area is 186 Å². The molecule has 1 aromatic carbocycles. The van der Waals surface area contributed by atoms with Crippen LogP contribution in [0.2, 0.25) is 0 Å². The van der Waals surface area contributed by atoms with E-state index in [1.165, 1.54) is 13.0 Å². The molecule has 1 aliphatic heterocycles. The number of nitrogens with one attached hydrogen (secondary N) is 2. The molecule has 1 amide bonds. The number of H-pyrrole nitrogens is 1. The Morgan fingerprint density at radius 2 is 1.94 bits per heavy atom. The average Bonchev–Trinajstić information content (AvgIpc) is 2.77. The fourth-order valence-electron chi connectivity index (χ4n) is 4.30. The Morgan fingerprint density at radius 3 is 2.64 bits per heavy atom. The Bertz CT molecular complexity index is 1260. The number of rotatable bonds is 5. The zero-order chi connectivity index (χ0) is 23.7. The van der Waals surface area contributed by atoms with Crippen LogP contribution < -0.4 is 10.9 Å². The summed E-state index contributed by atoms with van der Waals surface area (Å²) in [6.07, 6.45) is 1.72. The van der Waals surface area contributed by atoms with Gasteiger partial charge >= 0.3 is 0 Å². The molecule has 3 heterocycles. The molecule has 2 atom stereocenters. The molecule has 7 nitrogen and oxygen atoms in total. The summed E-state index contributed by atoms with van der Waals surface area (Å²) < 4.78 is 46.6. The number of hydrogen-bond acceptors (Lipinski definition) is 5. The number of halogens is 3. The second-order valence-corrected chi connectivity index (χ2v) is 8.08. The van der Waals surface area contributed by atoms with E-state index in [1.807, 2.05) is 0 Å². The van der Waals surface area contributed by atoms with Crippen LogP contribution in [0.5, 0.6) is 5.75 Å². The van der Waals surface area contributed by atoms with E-state index in [4.69, 9.17) is 4.74 Å². The number of carbonyl (C=O) groups is 1. The third-order valence-electron chi connectivity index (χ3n) is 5.92. The van der Waals surface area contributed by atoms with Gasteiger partial charge in [0.25, 0.3) is 5.56 Å². The third-order valence-corrected chi connectivity index (χ3v) is 5.92. The van der Waals surface area contributed by atoms with Crippen LogP contribution in [-0.2, 0) is 9.53 Å². The van der Waals surface area contributed by atoms with Crippen LogP contribution in [0.3, 0.4) is 0 Å². The van der Waals surface area contributed by atoms with Crippen LogP contribution >= 0.6 is 0 Å². The lowest BCUT2D eigenvalue weighted by atomic mass is 9.80. The number of nitrogens with zero attached hydrogens (tertiary/aromatic N) is 1. The molecular weight excluding hydrogens is 439 g/mol. The lowest BCUT2D eigenvalue weighted by molar-refractivity contribution is -0.125. The topological polar surface area (TPSA) is 104 Å². The predicted molar refractivity (Wildman–Crippen MR) is 113 cm³/mol. The van der Waals surface area contributed by atoms with Crippen molar-refractivity contribution in [2.45, 2.75) is 31.7 Å². The fraction of sp³-hybridized carbons (Fsp3) is 0.348. The van der Waals surface area contributed by atoms with Crippen LogP contribution in [-0.4, -0.2) is 34.2 Å². The van der Waals surface area contributed by atoms with Crippen molar-refractivity contribution < 1.29 is 27.8 Å². The zero-order valence-electron chi connectivity index (χ0n) is 17.7. The van der Waals surface area contributed by atoms with Crippen LogP contribution in [0.15, 0.2) is 35.3 Å². The summed E-state index contributed by atoms with van der Waals surface area (Å²) in [6.45, 7) is 2.19. The Kier molecular flexibility index (Phi) is 6.37. The molecule has 1 fully saturated rings. The Hall–Kier alpha value is -3.40. The van der Waals surface area contributed by atoms with Crippen LogP contribution in [0, 0.1) is 23.4 Å². The highest BCUT2D eigenvalue weighted by molar-refractivity contribution is 5.90. The van der Waals surface area contributed by atoms with Crippen molar-refractivity contribution in [1.82, 2.24) is 15.3 Å². The largest absolute Gasteiger partial charge is 0.507 e. The summed E-state index contributed by atoms with van der Waals surface area (Å²) in [5.41, 5.74) is -0.830. The number of amides is 1. The van der Waals surface area contributed by atoms with E-state index in [0.29, 0.717) is 32.1 Å². The predicted octanol–water partition coefficient (Wildman–Crippen LogP) is 3.43. The van der Waals surface area contributed by atoms with Gasteiger partial charge in [-0.15, -0.1) is 0 Å². The van der Waals surface area contributed by atoms with Gasteiger partial charge in [-0.05, 0) is 43.9 Å². The maximum atomic E-state index is 14.2. The second kappa shape index (κ2) is 9.22. The van der Waals surface area contributed by atoms with Gasteiger partial charge in [-0.2, -0.15) is 0 Å². The minimum atomic E-state index is -1.11. The van der Waals surface area contributed by atoms with Crippen LogP contribution in [0.25, 0.3) is 10.9 Å². The quantitative estimate of drug-likeness (QED) is 0.540. The average molecular weight is 461 g/mol. The van der Waals surface area contributed by atoms with Gasteiger partial charge < -0.3 is 20.1 Å². The number of aromatic amines is 1. The first-order chi connectivity index (χ1) is 15.8. The molecular formula is C23H22F3N3O4. The Balaban J connectivity index is 1.76. The number of carbonyl (C=O) groups excluding carboxylic acids is 1. The molecule has 0 unspecified atom stereocenters. The van der Waals surface area contributed by atoms with Crippen molar-refractivity contribution in [1.29, 1.82) is 0 Å². The molecule has 3 aromatic rings. The number of aromatic nitrogens is 2. The summed E-state index contributed by atoms with van der Waals surface area (Å²) >= 11 is 0. The van der Waals surface area contributed by atoms with Gasteiger partial charge in [-0.1, -0.05) is 0 Å². The van der Waals surface area contributed by atoms with Gasteiger partial charge in [0, 0.05) is 24.7 Å². The lowest BCUT2D eigenvalue weighted by Gasteiger charge is -2.30. The van der Waals surface area contributed by atoms with Gasteiger partial charge in [0.1, 0.15) is 23.2 Å². The number of hydrogen-bond donors (Lipinski definition) is 3. The molecule has 1 aliphatic rings. The number of fused-ring (bicyclic) bond motifs is 1. The highest BCUT2D eigenvalue weighted by atomic mass is 19.1. The number of pyridine rings is 2. The molecule has 10 heteroatoms. The van der Waals surface area contributed by atoms with E-state index in [9.17, 15) is 27.9 Å². The van der Waals surface area contributed by atoms with Crippen molar-refractivity contribution in [3.05, 3.63) is 69.5 Å². The molecule has 33 heavy (non-hydrogen) atoms. The summed E-state index contributed by atoms with van der Waals surface area (Å²) in [6, 6.07) is 3.26. The zero-order valence-corrected chi connectivity index (χ0v) is 17.7. The summed E-state index contributed by atoms with van der Waals surface area (Å²) in [4.78, 5) is 32.6. The SMILES string of the molecule is C[C@H](NC(=O)[C@H](c1c(O)c2cc(F)ccc2[nH]c1=O)C1CCOCC1)c1ncc(F)cc1F. The number of benzene rings is 1. The molecule has 174 valence electrons. The normalized spacial score (nSPS) is 16.5. The minimum Gasteiger partial charge on any atom is -0.507 e. The fourth-order valence-corrected chi connectivity index (χ4v) is 4.30. The smallest absolute Gasteiger partial charge is 0.256 e. The third kappa shape index (κ3) is 4.56. The number of ether oxygens (including phenoxy) is 1. The molecule has 0 saturated carbocycles. The van der Waals surface area contributed by atoms with Crippen LogP contribution in [0.4, 0.5) is 13.2 Å². The van der Waals surface area contributed by atoms with Crippen LogP contribution in [0.1, 0.15) is 43.0 Å². The van der Waals surface area contributed by atoms with E-state index >= 15 is 0 Å².